The van der Waals surface area contributed by atoms with Gasteiger partial charge in [0.2, 0.25) is 7.37 Å². The first kappa shape index (κ1) is 21.1. The van der Waals surface area contributed by atoms with E-state index in [2.05, 4.69) is 0 Å². The topological polar surface area (TPSA) is 74.6 Å². The maximum Gasteiger partial charge on any atom is 0.312 e. The molecule has 144 valence electrons. The Morgan fingerprint density at radius 2 is 1.63 bits per heavy atom. The maximum atomic E-state index is 13.1. The van der Waals surface area contributed by atoms with Crippen LogP contribution in [0.15, 0.2) is 72.8 Å². The van der Waals surface area contributed by atoms with Gasteiger partial charge in [0.05, 0.1) is 11.6 Å². The van der Waals surface area contributed by atoms with Gasteiger partial charge < -0.3 is 10.00 Å². The van der Waals surface area contributed by atoms with Gasteiger partial charge in [-0.3, -0.25) is 9.36 Å². The van der Waals surface area contributed by atoms with Crippen LogP contribution >= 0.6 is 7.37 Å². The molecule has 2 rings (SSSR count). The molecule has 0 aliphatic rings. The predicted octanol–water partition coefficient (Wildman–Crippen LogP) is 5.09. The summed E-state index contributed by atoms with van der Waals surface area (Å²) in [5.74, 6) is -2.12. The summed E-state index contributed by atoms with van der Waals surface area (Å²) in [6.45, 7) is 1.74. The van der Waals surface area contributed by atoms with E-state index < -0.39 is 24.9 Å². The fourth-order valence-electron chi connectivity index (χ4n) is 3.28. The summed E-state index contributed by atoms with van der Waals surface area (Å²) in [6.07, 6.45) is 5.57. The molecule has 27 heavy (non-hydrogen) atoms. The minimum absolute atomic E-state index is 0.117. The third kappa shape index (κ3) is 6.20. The number of hydrogen-bond acceptors (Lipinski definition) is 2. The number of carboxylic acids is 1. The van der Waals surface area contributed by atoms with Crippen molar-refractivity contribution in [3.05, 3.63) is 83.9 Å². The minimum atomic E-state index is -3.68. The van der Waals surface area contributed by atoms with E-state index in [-0.39, 0.29) is 6.16 Å². The summed E-state index contributed by atoms with van der Waals surface area (Å²) in [5.41, 5.74) is 0.814. The van der Waals surface area contributed by atoms with Crippen LogP contribution in [-0.4, -0.2) is 27.8 Å². The summed E-state index contributed by atoms with van der Waals surface area (Å²) in [5, 5.41) is 9.74. The molecule has 2 aromatic carbocycles. The van der Waals surface area contributed by atoms with Crippen LogP contribution in [0.4, 0.5) is 0 Å². The fourth-order valence-corrected chi connectivity index (χ4v) is 5.46. The maximum absolute atomic E-state index is 13.1. The smallest absolute Gasteiger partial charge is 0.312 e. The zero-order valence-electron chi connectivity index (χ0n) is 15.6. The quantitative estimate of drug-likeness (QED) is 0.339. The van der Waals surface area contributed by atoms with Gasteiger partial charge in [0.1, 0.15) is 0 Å². The number of hydrogen-bond donors (Lipinski definition) is 2. The van der Waals surface area contributed by atoms with Crippen molar-refractivity contribution >= 4 is 13.3 Å². The van der Waals surface area contributed by atoms with Crippen molar-refractivity contribution in [3.8, 4) is 0 Å². The molecular formula is C22H27O4P. The van der Waals surface area contributed by atoms with Gasteiger partial charge in [0.15, 0.2) is 0 Å². The molecular weight excluding hydrogens is 359 g/mol. The lowest BCUT2D eigenvalue weighted by Crippen LogP contribution is -2.26. The van der Waals surface area contributed by atoms with E-state index in [0.717, 1.165) is 12.8 Å². The second kappa shape index (κ2) is 10.2. The van der Waals surface area contributed by atoms with Crippen LogP contribution in [0.1, 0.15) is 36.8 Å². The molecule has 2 aromatic rings. The summed E-state index contributed by atoms with van der Waals surface area (Å²) in [4.78, 5) is 22.6. The SMILES string of the molecule is CC=CC(C(C(=O)O)c1ccccc1)P(=O)(O)CCCCc1ccccc1. The van der Waals surface area contributed by atoms with Gasteiger partial charge >= 0.3 is 5.97 Å². The Labute approximate surface area is 161 Å². The van der Waals surface area contributed by atoms with E-state index in [1.54, 1.807) is 49.4 Å². The third-order valence-electron chi connectivity index (χ3n) is 4.66. The highest BCUT2D eigenvalue weighted by Crippen LogP contribution is 2.53. The van der Waals surface area contributed by atoms with E-state index in [0.29, 0.717) is 12.0 Å². The lowest BCUT2D eigenvalue weighted by Gasteiger charge is -2.26. The predicted molar refractivity (Wildman–Crippen MR) is 109 cm³/mol. The number of aryl methyl sites for hydroxylation is 1. The molecule has 0 heterocycles. The molecule has 0 spiro atoms. The minimum Gasteiger partial charge on any atom is -0.481 e. The van der Waals surface area contributed by atoms with Gasteiger partial charge in [-0.1, -0.05) is 72.8 Å². The molecule has 2 N–H and O–H groups in total. The van der Waals surface area contributed by atoms with Crippen molar-refractivity contribution in [3.63, 3.8) is 0 Å². The van der Waals surface area contributed by atoms with Crippen LogP contribution in [0.25, 0.3) is 0 Å². The van der Waals surface area contributed by atoms with Crippen LogP contribution < -0.4 is 0 Å². The molecule has 0 fully saturated rings. The number of aliphatic carboxylic acids is 1. The van der Waals surface area contributed by atoms with Crippen molar-refractivity contribution < 1.29 is 19.4 Å². The number of carboxylic acid groups (broad SMARTS) is 1. The van der Waals surface area contributed by atoms with Gasteiger partial charge in [0.25, 0.3) is 0 Å². The zero-order valence-corrected chi connectivity index (χ0v) is 16.5. The van der Waals surface area contributed by atoms with Gasteiger partial charge in [-0.2, -0.15) is 0 Å². The normalized spacial score (nSPS) is 15.9. The van der Waals surface area contributed by atoms with Crippen LogP contribution in [0.3, 0.4) is 0 Å². The lowest BCUT2D eigenvalue weighted by atomic mass is 9.95. The van der Waals surface area contributed by atoms with Crippen LogP contribution in [0.5, 0.6) is 0 Å². The first-order valence-electron chi connectivity index (χ1n) is 9.21. The number of allylic oxidation sites excluding steroid dienone is 2. The number of benzene rings is 2. The first-order chi connectivity index (χ1) is 13.0. The molecule has 0 amide bonds. The monoisotopic (exact) mass is 386 g/mol. The summed E-state index contributed by atoms with van der Waals surface area (Å²) in [6, 6.07) is 18.7. The second-order valence-corrected chi connectivity index (χ2v) is 9.22. The molecule has 0 aromatic heterocycles. The fraction of sp³-hybridized carbons (Fsp3) is 0.318. The Morgan fingerprint density at radius 3 is 2.19 bits per heavy atom. The Hall–Kier alpha value is -2.16. The van der Waals surface area contributed by atoms with E-state index in [1.807, 2.05) is 30.3 Å². The average Bonchev–Trinajstić information content (AvgIpc) is 2.66. The van der Waals surface area contributed by atoms with Gasteiger partial charge in [-0.15, -0.1) is 0 Å². The van der Waals surface area contributed by atoms with Gasteiger partial charge in [-0.05, 0) is 37.3 Å². The van der Waals surface area contributed by atoms with Crippen molar-refractivity contribution in [1.82, 2.24) is 0 Å². The average molecular weight is 386 g/mol. The molecule has 3 atom stereocenters. The molecule has 0 radical (unpaired) electrons. The van der Waals surface area contributed by atoms with Crippen molar-refractivity contribution in [2.24, 2.45) is 0 Å². The number of rotatable bonds is 10. The van der Waals surface area contributed by atoms with Crippen LogP contribution in [0, 0.1) is 0 Å². The van der Waals surface area contributed by atoms with E-state index in [1.165, 1.54) is 5.56 Å². The molecule has 0 aliphatic heterocycles. The third-order valence-corrected chi connectivity index (χ3v) is 7.02. The molecule has 4 nitrogen and oxygen atoms in total. The molecule has 5 heteroatoms. The standard InChI is InChI=1S/C22H27O4P/c1-2-11-20(21(22(23)24)19-15-7-4-8-16-19)27(25,26)17-10-9-14-18-12-5-3-6-13-18/h2-8,11-13,15-16,20-21H,9-10,14,17H2,1H3,(H,23,24)(H,25,26). The Morgan fingerprint density at radius 1 is 1.04 bits per heavy atom. The summed E-state index contributed by atoms with van der Waals surface area (Å²) < 4.78 is 13.1. The van der Waals surface area contributed by atoms with E-state index in [9.17, 15) is 19.4 Å². The van der Waals surface area contributed by atoms with E-state index >= 15 is 0 Å². The lowest BCUT2D eigenvalue weighted by molar-refractivity contribution is -0.138. The summed E-state index contributed by atoms with van der Waals surface area (Å²) in [7, 11) is -3.68. The Balaban J connectivity index is 2.10. The molecule has 0 saturated heterocycles. The second-order valence-electron chi connectivity index (χ2n) is 6.66. The summed E-state index contributed by atoms with van der Waals surface area (Å²) >= 11 is 0. The highest BCUT2D eigenvalue weighted by molar-refractivity contribution is 7.59. The number of unbranched alkanes of at least 4 members (excludes halogenated alkanes) is 1. The van der Waals surface area contributed by atoms with Crippen molar-refractivity contribution in [2.75, 3.05) is 6.16 Å². The molecule has 0 aliphatic carbocycles. The Bertz CT molecular complexity index is 786. The van der Waals surface area contributed by atoms with Gasteiger partial charge in [0, 0.05) is 6.16 Å². The number of carbonyl (C=O) groups is 1. The highest BCUT2D eigenvalue weighted by Gasteiger charge is 2.39. The molecule has 3 unspecified atom stereocenters. The molecule has 0 saturated carbocycles. The van der Waals surface area contributed by atoms with Crippen molar-refractivity contribution in [1.29, 1.82) is 0 Å². The first-order valence-corrected chi connectivity index (χ1v) is 11.1. The zero-order chi connectivity index (χ0) is 19.7. The van der Waals surface area contributed by atoms with Crippen LogP contribution in [-0.2, 0) is 15.8 Å². The largest absolute Gasteiger partial charge is 0.481 e. The Kier molecular flexibility index (Phi) is 8.02. The molecule has 0 bridgehead atoms. The van der Waals surface area contributed by atoms with E-state index in [4.69, 9.17) is 0 Å². The van der Waals surface area contributed by atoms with Crippen molar-refractivity contribution in [2.45, 2.75) is 37.8 Å². The van der Waals surface area contributed by atoms with Crippen LogP contribution in [0.2, 0.25) is 0 Å². The highest BCUT2D eigenvalue weighted by atomic mass is 31.2. The van der Waals surface area contributed by atoms with Gasteiger partial charge in [-0.25, -0.2) is 0 Å².